The number of halogens is 2. The topological polar surface area (TPSA) is 105 Å². The van der Waals surface area contributed by atoms with Crippen molar-refractivity contribution in [3.63, 3.8) is 0 Å². The summed E-state index contributed by atoms with van der Waals surface area (Å²) in [6.45, 7) is 0.932. The normalized spacial score (nSPS) is 15.5. The molecule has 1 fully saturated rings. The summed E-state index contributed by atoms with van der Waals surface area (Å²) in [5.41, 5.74) is 1.99. The predicted molar refractivity (Wildman–Crippen MR) is 185 cm³/mol. The molecule has 252 valence electrons. The van der Waals surface area contributed by atoms with Gasteiger partial charge in [-0.3, -0.25) is 13.9 Å². The SMILES string of the molecule is CS(=O)(=O)N(CCCC(=O)N(Cc1ccc(Cl)cc1Cl)C(Cc1ccccc1)C(=O)NC1CCCCC1)c1ccc2c(c1)OCCO2. The van der Waals surface area contributed by atoms with Crippen LogP contribution in [-0.4, -0.2) is 63.2 Å². The van der Waals surface area contributed by atoms with Gasteiger partial charge in [-0.25, -0.2) is 8.42 Å². The molecule has 5 rings (SSSR count). The number of sulfonamides is 1. The van der Waals surface area contributed by atoms with Crippen molar-refractivity contribution in [3.8, 4) is 11.5 Å². The van der Waals surface area contributed by atoms with Gasteiger partial charge < -0.3 is 19.7 Å². The largest absolute Gasteiger partial charge is 0.486 e. The van der Waals surface area contributed by atoms with E-state index in [0.717, 1.165) is 43.9 Å². The zero-order valence-electron chi connectivity index (χ0n) is 26.5. The fourth-order valence-electron chi connectivity index (χ4n) is 6.12. The number of carbonyl (C=O) groups is 2. The van der Waals surface area contributed by atoms with Crippen molar-refractivity contribution >= 4 is 50.7 Å². The van der Waals surface area contributed by atoms with Crippen LogP contribution in [-0.2, 0) is 32.6 Å². The van der Waals surface area contributed by atoms with Crippen LogP contribution in [0.2, 0.25) is 10.0 Å². The zero-order chi connectivity index (χ0) is 33.4. The summed E-state index contributed by atoms with van der Waals surface area (Å²) in [4.78, 5) is 29.8. The number of rotatable bonds is 13. The van der Waals surface area contributed by atoms with Crippen LogP contribution in [0.25, 0.3) is 0 Å². The lowest BCUT2D eigenvalue weighted by Gasteiger charge is -2.34. The minimum absolute atomic E-state index is 0.00375. The van der Waals surface area contributed by atoms with E-state index in [2.05, 4.69) is 5.32 Å². The Kier molecular flexibility index (Phi) is 11.9. The molecule has 0 bridgehead atoms. The third kappa shape index (κ3) is 9.55. The molecule has 1 heterocycles. The van der Waals surface area contributed by atoms with Crippen LogP contribution in [0, 0.1) is 0 Å². The van der Waals surface area contributed by atoms with Gasteiger partial charge in [0.2, 0.25) is 21.8 Å². The number of hydrogen-bond donors (Lipinski definition) is 1. The first-order valence-corrected chi connectivity index (χ1v) is 18.6. The second-order valence-electron chi connectivity index (χ2n) is 12.1. The first kappa shape index (κ1) is 34.9. The highest BCUT2D eigenvalue weighted by Crippen LogP contribution is 2.35. The summed E-state index contributed by atoms with van der Waals surface area (Å²) in [6.07, 6.45) is 6.72. The molecule has 1 N–H and O–H groups in total. The van der Waals surface area contributed by atoms with Crippen LogP contribution in [0.5, 0.6) is 11.5 Å². The average molecular weight is 703 g/mol. The molecule has 0 saturated heterocycles. The Bertz CT molecular complexity index is 1650. The molecule has 3 aromatic carbocycles. The summed E-state index contributed by atoms with van der Waals surface area (Å²) in [6, 6.07) is 18.9. The lowest BCUT2D eigenvalue weighted by molar-refractivity contribution is -0.141. The van der Waals surface area contributed by atoms with Gasteiger partial charge in [0.05, 0.1) is 11.9 Å². The lowest BCUT2D eigenvalue weighted by atomic mass is 9.94. The van der Waals surface area contributed by atoms with Gasteiger partial charge in [0.15, 0.2) is 11.5 Å². The van der Waals surface area contributed by atoms with Gasteiger partial charge >= 0.3 is 0 Å². The van der Waals surface area contributed by atoms with E-state index >= 15 is 0 Å². The van der Waals surface area contributed by atoms with E-state index in [-0.39, 0.29) is 43.8 Å². The van der Waals surface area contributed by atoms with Crippen molar-refractivity contribution < 1.29 is 27.5 Å². The molecule has 0 radical (unpaired) electrons. The maximum absolute atomic E-state index is 14.2. The number of fused-ring (bicyclic) bond motifs is 1. The fraction of sp³-hybridized carbons (Fsp3) is 0.429. The minimum atomic E-state index is -3.69. The zero-order valence-corrected chi connectivity index (χ0v) is 28.8. The molecule has 0 spiro atoms. The van der Waals surface area contributed by atoms with Crippen molar-refractivity contribution in [3.05, 3.63) is 87.9 Å². The quantitative estimate of drug-likeness (QED) is 0.221. The Morgan fingerprint density at radius 2 is 1.66 bits per heavy atom. The van der Waals surface area contributed by atoms with Crippen LogP contribution in [0.15, 0.2) is 66.7 Å². The van der Waals surface area contributed by atoms with Crippen molar-refractivity contribution in [2.75, 3.05) is 30.3 Å². The first-order valence-electron chi connectivity index (χ1n) is 16.0. The van der Waals surface area contributed by atoms with Gasteiger partial charge in [-0.1, -0.05) is 78.9 Å². The minimum Gasteiger partial charge on any atom is -0.486 e. The van der Waals surface area contributed by atoms with Gasteiger partial charge in [0, 0.05) is 48.1 Å². The van der Waals surface area contributed by atoms with Crippen molar-refractivity contribution in [2.45, 2.75) is 70.0 Å². The van der Waals surface area contributed by atoms with Crippen molar-refractivity contribution in [1.29, 1.82) is 0 Å². The van der Waals surface area contributed by atoms with Gasteiger partial charge in [-0.05, 0) is 54.7 Å². The second-order valence-corrected chi connectivity index (χ2v) is 14.8. The third-order valence-corrected chi connectivity index (χ3v) is 10.3. The Balaban J connectivity index is 1.39. The fourth-order valence-corrected chi connectivity index (χ4v) is 7.55. The summed E-state index contributed by atoms with van der Waals surface area (Å²) in [5, 5.41) is 4.09. The number of carbonyl (C=O) groups excluding carboxylic acids is 2. The van der Waals surface area contributed by atoms with E-state index < -0.39 is 16.1 Å². The third-order valence-electron chi connectivity index (χ3n) is 8.54. The van der Waals surface area contributed by atoms with Crippen LogP contribution < -0.4 is 19.1 Å². The van der Waals surface area contributed by atoms with Gasteiger partial charge in [0.25, 0.3) is 0 Å². The van der Waals surface area contributed by atoms with E-state index in [0.29, 0.717) is 52.4 Å². The summed E-state index contributed by atoms with van der Waals surface area (Å²) in [5.74, 6) is 0.521. The van der Waals surface area contributed by atoms with Gasteiger partial charge in [-0.15, -0.1) is 0 Å². The number of benzene rings is 3. The molecule has 1 atom stereocenters. The predicted octanol–water partition coefficient (Wildman–Crippen LogP) is 6.40. The Morgan fingerprint density at radius 3 is 2.36 bits per heavy atom. The Hall–Kier alpha value is -3.47. The van der Waals surface area contributed by atoms with E-state index in [4.69, 9.17) is 32.7 Å². The second kappa shape index (κ2) is 16.1. The molecule has 2 amide bonds. The number of nitrogens with zero attached hydrogens (tertiary/aromatic N) is 2. The van der Waals surface area contributed by atoms with Crippen molar-refractivity contribution in [1.82, 2.24) is 10.2 Å². The number of hydrogen-bond acceptors (Lipinski definition) is 6. The Labute approximate surface area is 287 Å². The molecule has 12 heteroatoms. The first-order chi connectivity index (χ1) is 22.6. The van der Waals surface area contributed by atoms with Crippen LogP contribution in [0.1, 0.15) is 56.1 Å². The summed E-state index contributed by atoms with van der Waals surface area (Å²) < 4.78 is 38.3. The highest BCUT2D eigenvalue weighted by Gasteiger charge is 2.32. The molecule has 3 aromatic rings. The molecule has 47 heavy (non-hydrogen) atoms. The van der Waals surface area contributed by atoms with E-state index in [1.54, 1.807) is 41.3 Å². The van der Waals surface area contributed by atoms with E-state index in [1.165, 1.54) is 4.31 Å². The average Bonchev–Trinajstić information content (AvgIpc) is 3.05. The molecule has 1 saturated carbocycles. The molecule has 1 aliphatic heterocycles. The van der Waals surface area contributed by atoms with Gasteiger partial charge in [0.1, 0.15) is 19.3 Å². The maximum Gasteiger partial charge on any atom is 0.243 e. The Morgan fingerprint density at radius 1 is 0.936 bits per heavy atom. The van der Waals surface area contributed by atoms with Crippen molar-refractivity contribution in [2.24, 2.45) is 0 Å². The lowest BCUT2D eigenvalue weighted by Crippen LogP contribution is -2.53. The van der Waals surface area contributed by atoms with E-state index in [9.17, 15) is 18.0 Å². The maximum atomic E-state index is 14.2. The van der Waals surface area contributed by atoms with E-state index in [1.807, 2.05) is 30.3 Å². The standard InChI is InChI=1S/C35H41Cl2N3O6S/c1-47(43,44)40(29-16-17-32-33(23-29)46-20-19-45-32)18-8-13-34(41)39(24-26-14-15-27(36)22-30(26)37)31(21-25-9-4-2-5-10-25)35(42)38-28-11-6-3-7-12-28/h2,4-5,9-10,14-17,22-23,28,31H,3,6-8,11-13,18-21,24H2,1H3,(H,38,42). The molecular weight excluding hydrogens is 661 g/mol. The molecule has 1 unspecified atom stereocenters. The molecule has 2 aliphatic rings. The molecule has 0 aromatic heterocycles. The number of nitrogens with one attached hydrogen (secondary N) is 1. The van der Waals surface area contributed by atoms with Crippen LogP contribution >= 0.6 is 23.2 Å². The number of anilines is 1. The van der Waals surface area contributed by atoms with Crippen LogP contribution in [0.4, 0.5) is 5.69 Å². The molecule has 1 aliphatic carbocycles. The van der Waals surface area contributed by atoms with Crippen LogP contribution in [0.3, 0.4) is 0 Å². The highest BCUT2D eigenvalue weighted by molar-refractivity contribution is 7.92. The summed E-state index contributed by atoms with van der Waals surface area (Å²) >= 11 is 12.7. The monoisotopic (exact) mass is 701 g/mol. The molecule has 9 nitrogen and oxygen atoms in total. The highest BCUT2D eigenvalue weighted by atomic mass is 35.5. The molecular formula is C35H41Cl2N3O6S. The summed E-state index contributed by atoms with van der Waals surface area (Å²) in [7, 11) is -3.69. The number of amides is 2. The number of ether oxygens (including phenoxy) is 2. The smallest absolute Gasteiger partial charge is 0.243 e. The van der Waals surface area contributed by atoms with Gasteiger partial charge in [-0.2, -0.15) is 0 Å².